The number of hydrogen-bond donors (Lipinski definition) is 0. The molecule has 0 amide bonds. The predicted octanol–water partition coefficient (Wildman–Crippen LogP) is 5.20. The van der Waals surface area contributed by atoms with Crippen molar-refractivity contribution in [3.63, 3.8) is 0 Å². The van der Waals surface area contributed by atoms with Crippen LogP contribution in [0.3, 0.4) is 0 Å². The van der Waals surface area contributed by atoms with E-state index < -0.39 is 0 Å². The highest BCUT2D eigenvalue weighted by atomic mass is 35.5. The smallest absolute Gasteiger partial charge is 0.208 e. The summed E-state index contributed by atoms with van der Waals surface area (Å²) in [6.07, 6.45) is 4.07. The number of halogens is 1. The summed E-state index contributed by atoms with van der Waals surface area (Å²) < 4.78 is 0. The van der Waals surface area contributed by atoms with Crippen LogP contribution in [0.4, 0.5) is 0 Å². The first-order valence-electron chi connectivity index (χ1n) is 7.38. The summed E-state index contributed by atoms with van der Waals surface area (Å²) in [6.45, 7) is 4.06. The van der Waals surface area contributed by atoms with Crippen molar-refractivity contribution < 1.29 is 0 Å². The van der Waals surface area contributed by atoms with Gasteiger partial charge >= 0.3 is 0 Å². The van der Waals surface area contributed by atoms with Crippen molar-refractivity contribution >= 4 is 17.7 Å². The quantitative estimate of drug-likeness (QED) is 0.665. The van der Waals surface area contributed by atoms with Gasteiger partial charge in [0.15, 0.2) is 11.6 Å². The van der Waals surface area contributed by atoms with Gasteiger partial charge in [-0.25, -0.2) is 4.98 Å². The van der Waals surface area contributed by atoms with Crippen molar-refractivity contribution in [2.75, 3.05) is 0 Å². The molecule has 0 fully saturated rings. The molecule has 0 aliphatic rings. The SMILES string of the molecule is C/C=C\c1c(C)cccc1-c1nc(Cl)nc(-c2ccccc2)n1. The molecule has 0 saturated heterocycles. The fourth-order valence-corrected chi connectivity index (χ4v) is 2.61. The molecule has 0 aliphatic carbocycles. The van der Waals surface area contributed by atoms with Crippen molar-refractivity contribution in [3.8, 4) is 22.8 Å². The fourth-order valence-electron chi connectivity index (χ4n) is 2.45. The molecular weight excluding hydrogens is 306 g/mol. The summed E-state index contributed by atoms with van der Waals surface area (Å²) in [4.78, 5) is 13.2. The van der Waals surface area contributed by atoms with Gasteiger partial charge in [0.2, 0.25) is 5.28 Å². The van der Waals surface area contributed by atoms with E-state index in [-0.39, 0.29) is 5.28 Å². The number of rotatable bonds is 3. The van der Waals surface area contributed by atoms with E-state index in [1.54, 1.807) is 0 Å². The number of aromatic nitrogens is 3. The summed E-state index contributed by atoms with van der Waals surface area (Å²) in [6, 6.07) is 15.8. The highest BCUT2D eigenvalue weighted by molar-refractivity contribution is 6.28. The number of aryl methyl sites for hydroxylation is 1. The van der Waals surface area contributed by atoms with E-state index in [4.69, 9.17) is 11.6 Å². The van der Waals surface area contributed by atoms with Crippen LogP contribution in [0.1, 0.15) is 18.1 Å². The van der Waals surface area contributed by atoms with Gasteiger partial charge in [-0.3, -0.25) is 0 Å². The Labute approximate surface area is 140 Å². The number of allylic oxidation sites excluding steroid dienone is 1. The topological polar surface area (TPSA) is 38.7 Å². The fraction of sp³-hybridized carbons (Fsp3) is 0.105. The second-order valence-corrected chi connectivity index (χ2v) is 5.49. The first-order valence-corrected chi connectivity index (χ1v) is 7.76. The summed E-state index contributed by atoms with van der Waals surface area (Å²) in [5.74, 6) is 1.16. The zero-order chi connectivity index (χ0) is 16.2. The number of nitrogens with zero attached hydrogens (tertiary/aromatic N) is 3. The molecule has 23 heavy (non-hydrogen) atoms. The second kappa shape index (κ2) is 6.71. The lowest BCUT2D eigenvalue weighted by atomic mass is 10.0. The van der Waals surface area contributed by atoms with Crippen molar-refractivity contribution in [2.45, 2.75) is 13.8 Å². The molecule has 0 bridgehead atoms. The standard InChI is InChI=1S/C19H16ClN3/c1-3-8-15-13(2)9-7-12-16(15)18-21-17(22-19(20)23-18)14-10-5-4-6-11-14/h3-12H,1-2H3/b8-3-. The third-order valence-corrected chi connectivity index (χ3v) is 3.71. The molecule has 0 radical (unpaired) electrons. The van der Waals surface area contributed by atoms with Crippen LogP contribution in [0.5, 0.6) is 0 Å². The Kier molecular flexibility index (Phi) is 4.49. The molecule has 3 rings (SSSR count). The van der Waals surface area contributed by atoms with Crippen LogP contribution in [-0.4, -0.2) is 15.0 Å². The highest BCUT2D eigenvalue weighted by Crippen LogP contribution is 2.27. The number of benzene rings is 2. The van der Waals surface area contributed by atoms with E-state index >= 15 is 0 Å². The van der Waals surface area contributed by atoms with Gasteiger partial charge < -0.3 is 0 Å². The maximum Gasteiger partial charge on any atom is 0.226 e. The molecule has 1 heterocycles. The third-order valence-electron chi connectivity index (χ3n) is 3.54. The van der Waals surface area contributed by atoms with Crippen LogP contribution in [0.15, 0.2) is 54.6 Å². The van der Waals surface area contributed by atoms with Crippen molar-refractivity contribution in [1.29, 1.82) is 0 Å². The van der Waals surface area contributed by atoms with Gasteiger partial charge in [0, 0.05) is 11.1 Å². The molecule has 114 valence electrons. The monoisotopic (exact) mass is 321 g/mol. The molecule has 0 aliphatic heterocycles. The van der Waals surface area contributed by atoms with E-state index in [0.717, 1.165) is 16.7 Å². The molecular formula is C19H16ClN3. The molecule has 0 atom stereocenters. The molecule has 2 aromatic carbocycles. The van der Waals surface area contributed by atoms with Crippen LogP contribution in [0.25, 0.3) is 28.9 Å². The Morgan fingerprint density at radius 1 is 0.870 bits per heavy atom. The zero-order valence-electron chi connectivity index (χ0n) is 13.0. The second-order valence-electron chi connectivity index (χ2n) is 5.15. The first-order chi connectivity index (χ1) is 11.2. The average Bonchev–Trinajstić information content (AvgIpc) is 2.57. The van der Waals surface area contributed by atoms with Crippen LogP contribution < -0.4 is 0 Å². The van der Waals surface area contributed by atoms with Gasteiger partial charge in [0.25, 0.3) is 0 Å². The third kappa shape index (κ3) is 3.30. The molecule has 3 aromatic rings. The first kappa shape index (κ1) is 15.4. The minimum absolute atomic E-state index is 0.196. The summed E-state index contributed by atoms with van der Waals surface area (Å²) in [5, 5.41) is 0.196. The van der Waals surface area contributed by atoms with Gasteiger partial charge in [0.1, 0.15) is 0 Å². The Hall–Kier alpha value is -2.52. The van der Waals surface area contributed by atoms with Gasteiger partial charge in [-0.15, -0.1) is 0 Å². The van der Waals surface area contributed by atoms with E-state index in [2.05, 4.69) is 34.0 Å². The van der Waals surface area contributed by atoms with E-state index in [1.165, 1.54) is 5.56 Å². The van der Waals surface area contributed by atoms with Crippen LogP contribution in [-0.2, 0) is 0 Å². The van der Waals surface area contributed by atoms with E-state index in [1.807, 2.05) is 55.5 Å². The average molecular weight is 322 g/mol. The Balaban J connectivity index is 2.19. The Morgan fingerprint density at radius 2 is 1.61 bits per heavy atom. The normalized spacial score (nSPS) is 11.1. The van der Waals surface area contributed by atoms with Crippen molar-refractivity contribution in [3.05, 3.63) is 71.0 Å². The lowest BCUT2D eigenvalue weighted by Crippen LogP contribution is -1.99. The van der Waals surface area contributed by atoms with E-state index in [0.29, 0.717) is 11.6 Å². The van der Waals surface area contributed by atoms with Crippen molar-refractivity contribution in [2.24, 2.45) is 0 Å². The zero-order valence-corrected chi connectivity index (χ0v) is 13.7. The molecule has 0 N–H and O–H groups in total. The Bertz CT molecular complexity index is 858. The largest absolute Gasteiger partial charge is 0.226 e. The molecule has 4 heteroatoms. The molecule has 3 nitrogen and oxygen atoms in total. The van der Waals surface area contributed by atoms with Crippen LogP contribution in [0.2, 0.25) is 5.28 Å². The summed E-state index contributed by atoms with van der Waals surface area (Å²) >= 11 is 6.14. The van der Waals surface area contributed by atoms with E-state index in [9.17, 15) is 0 Å². The minimum atomic E-state index is 0.196. The lowest BCUT2D eigenvalue weighted by Gasteiger charge is -2.09. The van der Waals surface area contributed by atoms with Crippen LogP contribution >= 0.6 is 11.6 Å². The van der Waals surface area contributed by atoms with Crippen LogP contribution in [0, 0.1) is 6.92 Å². The maximum absolute atomic E-state index is 6.14. The predicted molar refractivity (Wildman–Crippen MR) is 95.2 cm³/mol. The lowest BCUT2D eigenvalue weighted by molar-refractivity contribution is 1.06. The van der Waals surface area contributed by atoms with Gasteiger partial charge in [0.05, 0.1) is 0 Å². The molecule has 0 spiro atoms. The molecule has 1 aromatic heterocycles. The number of hydrogen-bond acceptors (Lipinski definition) is 3. The summed E-state index contributed by atoms with van der Waals surface area (Å²) in [5.41, 5.74) is 4.12. The summed E-state index contributed by atoms with van der Waals surface area (Å²) in [7, 11) is 0. The Morgan fingerprint density at radius 3 is 2.35 bits per heavy atom. The molecule has 0 unspecified atom stereocenters. The van der Waals surface area contributed by atoms with Crippen molar-refractivity contribution in [1.82, 2.24) is 15.0 Å². The van der Waals surface area contributed by atoms with Gasteiger partial charge in [-0.2, -0.15) is 9.97 Å². The van der Waals surface area contributed by atoms with Gasteiger partial charge in [-0.1, -0.05) is 60.7 Å². The molecule has 0 saturated carbocycles. The minimum Gasteiger partial charge on any atom is -0.208 e. The highest BCUT2D eigenvalue weighted by Gasteiger charge is 2.12. The maximum atomic E-state index is 6.14. The van der Waals surface area contributed by atoms with Gasteiger partial charge in [-0.05, 0) is 36.6 Å².